The van der Waals surface area contributed by atoms with Crippen LogP contribution in [0.5, 0.6) is 23.0 Å². The highest BCUT2D eigenvalue weighted by atomic mass is 127. The van der Waals surface area contributed by atoms with Gasteiger partial charge >= 0.3 is 0 Å². The molecule has 0 N–H and O–H groups in total. The van der Waals surface area contributed by atoms with E-state index in [1.807, 2.05) is 6.07 Å². The van der Waals surface area contributed by atoms with Crippen LogP contribution in [0.15, 0.2) is 30.3 Å². The van der Waals surface area contributed by atoms with Gasteiger partial charge in [-0.15, -0.1) is 0 Å². The van der Waals surface area contributed by atoms with Crippen LogP contribution in [-0.2, 0) is 13.0 Å². The first kappa shape index (κ1) is 20.5. The lowest BCUT2D eigenvalue weighted by Gasteiger charge is -2.20. The maximum Gasteiger partial charge on any atom is 0.213 e. The van der Waals surface area contributed by atoms with Crippen molar-refractivity contribution in [1.29, 1.82) is 0 Å². The van der Waals surface area contributed by atoms with Gasteiger partial charge in [0.1, 0.15) is 0 Å². The van der Waals surface area contributed by atoms with Gasteiger partial charge < -0.3 is 42.9 Å². The van der Waals surface area contributed by atoms with Crippen LogP contribution in [0.25, 0.3) is 22.0 Å². The largest absolute Gasteiger partial charge is 1.00 e. The first-order valence-corrected chi connectivity index (χ1v) is 8.95. The lowest BCUT2D eigenvalue weighted by molar-refractivity contribution is -0.692. The van der Waals surface area contributed by atoms with Crippen LogP contribution in [0.4, 0.5) is 0 Å². The van der Waals surface area contributed by atoms with Crippen LogP contribution in [0.3, 0.4) is 0 Å². The van der Waals surface area contributed by atoms with E-state index in [4.69, 9.17) is 18.9 Å². The molecule has 1 aromatic heterocycles. The Hall–Kier alpha value is -2.22. The fraction of sp³-hybridized carbons (Fsp3) is 0.318. The van der Waals surface area contributed by atoms with Gasteiger partial charge in [-0.1, -0.05) is 0 Å². The Morgan fingerprint density at radius 3 is 1.96 bits per heavy atom. The highest BCUT2D eigenvalue weighted by Crippen LogP contribution is 2.39. The second kappa shape index (κ2) is 8.03. The second-order valence-corrected chi connectivity index (χ2v) is 6.68. The van der Waals surface area contributed by atoms with Crippen molar-refractivity contribution in [3.8, 4) is 34.3 Å². The molecule has 2 heterocycles. The van der Waals surface area contributed by atoms with Crippen molar-refractivity contribution < 1.29 is 47.5 Å². The summed E-state index contributed by atoms with van der Waals surface area (Å²) in [5, 5.41) is 2.29. The number of rotatable bonds is 4. The molecule has 6 heteroatoms. The zero-order chi connectivity index (χ0) is 19.1. The maximum absolute atomic E-state index is 5.53. The molecule has 148 valence electrons. The van der Waals surface area contributed by atoms with E-state index < -0.39 is 0 Å². The molecule has 0 fully saturated rings. The van der Waals surface area contributed by atoms with Crippen molar-refractivity contribution in [3.63, 3.8) is 0 Å². The van der Waals surface area contributed by atoms with Crippen molar-refractivity contribution in [2.75, 3.05) is 28.4 Å². The van der Waals surface area contributed by atoms with Gasteiger partial charge in [0, 0.05) is 19.4 Å². The van der Waals surface area contributed by atoms with Gasteiger partial charge in [0.2, 0.25) is 5.69 Å². The first-order valence-electron chi connectivity index (χ1n) is 8.95. The summed E-state index contributed by atoms with van der Waals surface area (Å²) in [7, 11) is 6.67. The van der Waals surface area contributed by atoms with Crippen LogP contribution in [-0.4, -0.2) is 28.4 Å². The Morgan fingerprint density at radius 1 is 0.750 bits per heavy atom. The SMILES string of the molecule is COc1cc2c(cc1OC)-c1cc3cc(OC)c(OC)cc3c(C)[n+]1CC2.[I-]. The molecule has 0 bridgehead atoms. The molecule has 2 aromatic carbocycles. The minimum absolute atomic E-state index is 0. The van der Waals surface area contributed by atoms with Crippen LogP contribution < -0.4 is 47.5 Å². The van der Waals surface area contributed by atoms with Crippen LogP contribution in [0.2, 0.25) is 0 Å². The van der Waals surface area contributed by atoms with Gasteiger partial charge in [0.05, 0.1) is 39.4 Å². The zero-order valence-electron chi connectivity index (χ0n) is 16.8. The van der Waals surface area contributed by atoms with E-state index in [1.165, 1.54) is 27.9 Å². The fourth-order valence-electron chi connectivity index (χ4n) is 3.99. The fourth-order valence-corrected chi connectivity index (χ4v) is 3.99. The Bertz CT molecular complexity index is 1050. The zero-order valence-corrected chi connectivity index (χ0v) is 18.9. The number of ether oxygens (including phenoxy) is 4. The molecule has 0 atom stereocenters. The number of methoxy groups -OCH3 is 4. The van der Waals surface area contributed by atoms with E-state index in [9.17, 15) is 0 Å². The Labute approximate surface area is 182 Å². The van der Waals surface area contributed by atoms with Gasteiger partial charge in [-0.05, 0) is 35.2 Å². The molecule has 0 spiro atoms. The third-order valence-electron chi connectivity index (χ3n) is 5.42. The van der Waals surface area contributed by atoms with E-state index >= 15 is 0 Å². The van der Waals surface area contributed by atoms with Gasteiger partial charge in [-0.2, -0.15) is 4.57 Å². The summed E-state index contributed by atoms with van der Waals surface area (Å²) in [5.74, 6) is 3.00. The van der Waals surface area contributed by atoms with Crippen molar-refractivity contribution >= 4 is 10.8 Å². The molecule has 1 aliphatic rings. The van der Waals surface area contributed by atoms with E-state index in [0.29, 0.717) is 0 Å². The number of benzene rings is 2. The summed E-state index contributed by atoms with van der Waals surface area (Å²) in [4.78, 5) is 0. The predicted molar refractivity (Wildman–Crippen MR) is 104 cm³/mol. The summed E-state index contributed by atoms with van der Waals surface area (Å²) < 4.78 is 24.4. The molecule has 1 aliphatic heterocycles. The lowest BCUT2D eigenvalue weighted by atomic mass is 9.94. The number of aromatic nitrogens is 1. The van der Waals surface area contributed by atoms with Gasteiger partial charge in [-0.25, -0.2) is 0 Å². The monoisotopic (exact) mass is 493 g/mol. The summed E-state index contributed by atoms with van der Waals surface area (Å²) in [5.41, 5.74) is 4.84. The number of hydrogen-bond acceptors (Lipinski definition) is 4. The topological polar surface area (TPSA) is 40.8 Å². The molecule has 3 aromatic rings. The normalized spacial score (nSPS) is 11.9. The predicted octanol–water partition coefficient (Wildman–Crippen LogP) is 0.697. The van der Waals surface area contributed by atoms with Crippen molar-refractivity contribution in [1.82, 2.24) is 0 Å². The van der Waals surface area contributed by atoms with Crippen molar-refractivity contribution in [3.05, 3.63) is 41.6 Å². The smallest absolute Gasteiger partial charge is 0.213 e. The molecular formula is C22H24INO4. The standard InChI is InChI=1S/C22H24NO4.HI/c1-13-16-11-21(26-4)20(25-3)10-15(16)8-18-17-12-22(27-5)19(24-2)9-14(17)6-7-23(13)18;/h8-12H,6-7H2,1-5H3;1H/q+1;/p-1. The highest BCUT2D eigenvalue weighted by molar-refractivity contribution is 5.90. The van der Waals surface area contributed by atoms with Gasteiger partial charge in [0.25, 0.3) is 0 Å². The van der Waals surface area contributed by atoms with E-state index in [1.54, 1.807) is 28.4 Å². The van der Waals surface area contributed by atoms with E-state index in [0.717, 1.165) is 41.3 Å². The lowest BCUT2D eigenvalue weighted by Crippen LogP contribution is -3.00. The van der Waals surface area contributed by atoms with Crippen molar-refractivity contribution in [2.45, 2.75) is 19.9 Å². The highest BCUT2D eigenvalue weighted by Gasteiger charge is 2.28. The molecule has 4 rings (SSSR count). The molecule has 0 unspecified atom stereocenters. The average molecular weight is 493 g/mol. The Kier molecular flexibility index (Phi) is 5.88. The quantitative estimate of drug-likeness (QED) is 0.397. The third-order valence-corrected chi connectivity index (χ3v) is 5.42. The summed E-state index contributed by atoms with van der Waals surface area (Å²) >= 11 is 0. The summed E-state index contributed by atoms with van der Waals surface area (Å²) in [6, 6.07) is 10.5. The molecular weight excluding hydrogens is 469 g/mol. The number of pyridine rings is 1. The van der Waals surface area contributed by atoms with Crippen molar-refractivity contribution in [2.24, 2.45) is 0 Å². The van der Waals surface area contributed by atoms with Gasteiger partial charge in [0.15, 0.2) is 35.2 Å². The summed E-state index contributed by atoms with van der Waals surface area (Å²) in [6.45, 7) is 3.08. The molecule has 5 nitrogen and oxygen atoms in total. The number of hydrogen-bond donors (Lipinski definition) is 0. The van der Waals surface area contributed by atoms with Gasteiger partial charge in [-0.3, -0.25) is 0 Å². The van der Waals surface area contributed by atoms with Crippen LogP contribution >= 0.6 is 0 Å². The van der Waals surface area contributed by atoms with Crippen LogP contribution in [0, 0.1) is 6.92 Å². The Balaban J connectivity index is 0.00000225. The van der Waals surface area contributed by atoms with E-state index in [2.05, 4.69) is 35.8 Å². The number of fused-ring (bicyclic) bond motifs is 4. The van der Waals surface area contributed by atoms with E-state index in [-0.39, 0.29) is 24.0 Å². The number of nitrogens with zero attached hydrogens (tertiary/aromatic N) is 1. The molecule has 0 saturated carbocycles. The molecule has 0 aliphatic carbocycles. The average Bonchev–Trinajstić information content (AvgIpc) is 2.71. The van der Waals surface area contributed by atoms with Crippen LogP contribution in [0.1, 0.15) is 11.3 Å². The number of aryl methyl sites for hydroxylation is 2. The molecule has 28 heavy (non-hydrogen) atoms. The summed E-state index contributed by atoms with van der Waals surface area (Å²) in [6.07, 6.45) is 0.951. The number of halogens is 1. The molecule has 0 amide bonds. The molecule has 0 radical (unpaired) electrons. The Morgan fingerprint density at radius 2 is 1.32 bits per heavy atom. The minimum atomic E-state index is 0. The molecule has 0 saturated heterocycles. The third kappa shape index (κ3) is 3.13. The minimum Gasteiger partial charge on any atom is -1.00 e. The second-order valence-electron chi connectivity index (χ2n) is 6.68. The maximum atomic E-state index is 5.53. The first-order chi connectivity index (χ1) is 13.1.